The summed E-state index contributed by atoms with van der Waals surface area (Å²) in [6, 6.07) is 9.53. The number of anilines is 1. The Morgan fingerprint density at radius 3 is 2.68 bits per heavy atom. The number of ether oxygens (including phenoxy) is 4. The Kier molecular flexibility index (Phi) is 9.86. The molecule has 5 N–H and O–H groups in total. The molecule has 1 aliphatic rings. The van der Waals surface area contributed by atoms with Gasteiger partial charge in [-0.25, -0.2) is 24.5 Å². The van der Waals surface area contributed by atoms with E-state index in [9.17, 15) is 24.9 Å². The lowest BCUT2D eigenvalue weighted by molar-refractivity contribution is -0.0597. The van der Waals surface area contributed by atoms with Crippen LogP contribution >= 0.6 is 11.8 Å². The second-order valence-corrected chi connectivity index (χ2v) is 10.6. The Hall–Kier alpha value is -4.35. The summed E-state index contributed by atoms with van der Waals surface area (Å²) in [4.78, 5) is 41.0. The third-order valence-electron chi connectivity index (χ3n) is 6.53. The van der Waals surface area contributed by atoms with Crippen LogP contribution in [0.4, 0.5) is 5.82 Å². The molecule has 5 rings (SSSR count). The molecule has 4 aromatic rings. The van der Waals surface area contributed by atoms with Gasteiger partial charge in [0, 0.05) is 18.1 Å². The Morgan fingerprint density at radius 1 is 1.11 bits per heavy atom. The molecule has 1 saturated heterocycles. The number of aromatic nitrogens is 5. The van der Waals surface area contributed by atoms with Gasteiger partial charge in [0.1, 0.15) is 43.6 Å². The zero-order valence-corrected chi connectivity index (χ0v) is 24.2. The summed E-state index contributed by atoms with van der Waals surface area (Å²) in [5.74, 6) is -0.602. The highest BCUT2D eigenvalue weighted by molar-refractivity contribution is 7.99. The number of hydrogen-bond acceptors (Lipinski definition) is 15. The number of esters is 2. The number of pyridine rings is 1. The van der Waals surface area contributed by atoms with Crippen molar-refractivity contribution in [3.05, 3.63) is 66.2 Å². The standard InChI is InChI=1S/C28H30N6O9S/c1-2-40-26(38)15-5-3-7-18(9-15)41-11-17(35)13-44-28-33-20-23(29)31-14-32-24(20)34(28)25-22(37)21(36)19(43-25)12-42-27(39)16-6-4-8-30-10-16/h3-10,14,17,19,21-22,25,35-37H,2,11-13H2,1H3,(H2,29,31,32)/t17?,19-,21-,22-,25-/m1/s1. The first kappa shape index (κ1) is 31.1. The van der Waals surface area contributed by atoms with Crippen molar-refractivity contribution < 1.29 is 43.9 Å². The topological polar surface area (TPSA) is 214 Å². The van der Waals surface area contributed by atoms with Crippen molar-refractivity contribution in [1.29, 1.82) is 0 Å². The average Bonchev–Trinajstić information content (AvgIpc) is 3.55. The first-order valence-corrected chi connectivity index (χ1v) is 14.5. The molecule has 1 aliphatic heterocycles. The van der Waals surface area contributed by atoms with Crippen molar-refractivity contribution in [1.82, 2.24) is 24.5 Å². The van der Waals surface area contributed by atoms with Crippen molar-refractivity contribution in [2.45, 2.75) is 42.7 Å². The number of fused-ring (bicyclic) bond motifs is 1. The van der Waals surface area contributed by atoms with Crippen LogP contribution in [-0.4, -0.2) is 102 Å². The van der Waals surface area contributed by atoms with Crippen LogP contribution in [0.15, 0.2) is 60.3 Å². The number of nitrogens with two attached hydrogens (primary N) is 1. The first-order valence-electron chi connectivity index (χ1n) is 13.5. The molecule has 1 unspecified atom stereocenters. The zero-order chi connectivity index (χ0) is 31.2. The monoisotopic (exact) mass is 626 g/mol. The molecule has 3 aromatic heterocycles. The van der Waals surface area contributed by atoms with Crippen LogP contribution in [0, 0.1) is 0 Å². The minimum absolute atomic E-state index is 0.0796. The molecule has 232 valence electrons. The second-order valence-electron chi connectivity index (χ2n) is 9.61. The molecule has 0 bridgehead atoms. The number of nitrogen functional groups attached to an aromatic ring is 1. The molecule has 0 amide bonds. The maximum Gasteiger partial charge on any atom is 0.339 e. The Bertz CT molecular complexity index is 1610. The molecule has 5 atom stereocenters. The lowest BCUT2D eigenvalue weighted by Crippen LogP contribution is -2.34. The summed E-state index contributed by atoms with van der Waals surface area (Å²) >= 11 is 1.11. The Morgan fingerprint density at radius 2 is 1.91 bits per heavy atom. The van der Waals surface area contributed by atoms with Crippen molar-refractivity contribution in [3.8, 4) is 5.75 Å². The van der Waals surface area contributed by atoms with Gasteiger partial charge in [-0.3, -0.25) is 9.55 Å². The number of hydrogen-bond donors (Lipinski definition) is 4. The van der Waals surface area contributed by atoms with E-state index in [1.807, 2.05) is 0 Å². The molecule has 0 radical (unpaired) electrons. The predicted molar refractivity (Wildman–Crippen MR) is 155 cm³/mol. The van der Waals surface area contributed by atoms with Crippen LogP contribution in [0.25, 0.3) is 11.2 Å². The van der Waals surface area contributed by atoms with Gasteiger partial charge in [-0.05, 0) is 37.3 Å². The van der Waals surface area contributed by atoms with Gasteiger partial charge in [0.05, 0.1) is 23.8 Å². The van der Waals surface area contributed by atoms with Crippen LogP contribution in [-0.2, 0) is 14.2 Å². The number of carbonyl (C=O) groups excluding carboxylic acids is 2. The Balaban J connectivity index is 1.27. The summed E-state index contributed by atoms with van der Waals surface area (Å²) in [5, 5.41) is 32.6. The third kappa shape index (κ3) is 6.89. The van der Waals surface area contributed by atoms with E-state index in [1.165, 1.54) is 35.4 Å². The normalized spacial score (nSPS) is 20.4. The number of aliphatic hydroxyl groups excluding tert-OH is 3. The van der Waals surface area contributed by atoms with Gasteiger partial charge in [-0.1, -0.05) is 17.8 Å². The summed E-state index contributed by atoms with van der Waals surface area (Å²) in [7, 11) is 0. The van der Waals surface area contributed by atoms with Crippen LogP contribution in [0.3, 0.4) is 0 Å². The van der Waals surface area contributed by atoms with E-state index >= 15 is 0 Å². The largest absolute Gasteiger partial charge is 0.491 e. The highest BCUT2D eigenvalue weighted by Crippen LogP contribution is 2.36. The molecule has 1 fully saturated rings. The van der Waals surface area contributed by atoms with E-state index < -0.39 is 42.6 Å². The maximum absolute atomic E-state index is 12.4. The van der Waals surface area contributed by atoms with E-state index in [-0.39, 0.29) is 53.3 Å². The zero-order valence-electron chi connectivity index (χ0n) is 23.4. The number of thioether (sulfide) groups is 1. The second kappa shape index (κ2) is 14.0. The fourth-order valence-electron chi connectivity index (χ4n) is 4.38. The summed E-state index contributed by atoms with van der Waals surface area (Å²) < 4.78 is 23.4. The third-order valence-corrected chi connectivity index (χ3v) is 7.63. The SMILES string of the molecule is CCOC(=O)c1cccc(OCC(O)CSc2nc3c(N)ncnc3n2[C@@H]2O[C@H](COC(=O)c3cccnc3)[C@@H](O)[C@H]2O)c1. The minimum atomic E-state index is -1.45. The van der Waals surface area contributed by atoms with Crippen molar-refractivity contribution >= 4 is 40.7 Å². The van der Waals surface area contributed by atoms with Gasteiger partial charge in [0.25, 0.3) is 0 Å². The fraction of sp³-hybridized carbons (Fsp3) is 0.357. The van der Waals surface area contributed by atoms with E-state index in [0.717, 1.165) is 11.8 Å². The van der Waals surface area contributed by atoms with Gasteiger partial charge in [0.2, 0.25) is 0 Å². The van der Waals surface area contributed by atoms with Crippen LogP contribution in [0.1, 0.15) is 33.9 Å². The minimum Gasteiger partial charge on any atom is -0.491 e. The molecule has 44 heavy (non-hydrogen) atoms. The number of nitrogens with zero attached hydrogens (tertiary/aromatic N) is 5. The number of benzene rings is 1. The lowest BCUT2D eigenvalue weighted by Gasteiger charge is -2.19. The molecule has 0 spiro atoms. The van der Waals surface area contributed by atoms with E-state index in [2.05, 4.69) is 19.9 Å². The predicted octanol–water partition coefficient (Wildman–Crippen LogP) is 0.988. The van der Waals surface area contributed by atoms with E-state index in [0.29, 0.717) is 11.3 Å². The van der Waals surface area contributed by atoms with Gasteiger partial charge in [-0.2, -0.15) is 0 Å². The fourth-order valence-corrected chi connectivity index (χ4v) is 5.30. The van der Waals surface area contributed by atoms with Gasteiger partial charge in [-0.15, -0.1) is 0 Å². The van der Waals surface area contributed by atoms with E-state index in [1.54, 1.807) is 31.2 Å². The number of carbonyl (C=O) groups is 2. The van der Waals surface area contributed by atoms with Crippen molar-refractivity contribution in [2.75, 3.05) is 31.3 Å². The van der Waals surface area contributed by atoms with Gasteiger partial charge < -0.3 is 40.0 Å². The molecule has 1 aromatic carbocycles. The molecule has 4 heterocycles. The van der Waals surface area contributed by atoms with Crippen molar-refractivity contribution in [3.63, 3.8) is 0 Å². The molecule has 16 heteroatoms. The smallest absolute Gasteiger partial charge is 0.339 e. The maximum atomic E-state index is 12.4. The van der Waals surface area contributed by atoms with Crippen LogP contribution < -0.4 is 10.5 Å². The van der Waals surface area contributed by atoms with Crippen LogP contribution in [0.2, 0.25) is 0 Å². The van der Waals surface area contributed by atoms with Crippen LogP contribution in [0.5, 0.6) is 5.75 Å². The molecule has 0 aliphatic carbocycles. The van der Waals surface area contributed by atoms with Gasteiger partial charge in [0.15, 0.2) is 28.4 Å². The lowest BCUT2D eigenvalue weighted by atomic mass is 10.1. The molecule has 0 saturated carbocycles. The summed E-state index contributed by atoms with van der Waals surface area (Å²) in [5.41, 5.74) is 7.03. The highest BCUT2D eigenvalue weighted by atomic mass is 32.2. The average molecular weight is 627 g/mol. The van der Waals surface area contributed by atoms with Crippen molar-refractivity contribution in [2.24, 2.45) is 0 Å². The van der Waals surface area contributed by atoms with E-state index in [4.69, 9.17) is 24.7 Å². The number of aliphatic hydroxyl groups is 3. The molecular formula is C28H30N6O9S. The molecule has 15 nitrogen and oxygen atoms in total. The molecular weight excluding hydrogens is 596 g/mol. The Labute approximate surface area is 255 Å². The number of rotatable bonds is 12. The quantitative estimate of drug-likeness (QED) is 0.127. The van der Waals surface area contributed by atoms with Gasteiger partial charge >= 0.3 is 11.9 Å². The summed E-state index contributed by atoms with van der Waals surface area (Å²) in [6.45, 7) is 1.50. The first-order chi connectivity index (χ1) is 21.3. The number of imidazole rings is 1. The highest BCUT2D eigenvalue weighted by Gasteiger charge is 2.46. The summed E-state index contributed by atoms with van der Waals surface area (Å²) in [6.07, 6.45) is -2.03.